The molecule has 4 saturated carbocycles. The highest BCUT2D eigenvalue weighted by Crippen LogP contribution is 2.69. The van der Waals surface area contributed by atoms with Crippen LogP contribution in [0, 0.1) is 28.6 Å². The fourth-order valence-electron chi connectivity index (χ4n) is 7.98. The zero-order valence-corrected chi connectivity index (χ0v) is 18.0. The maximum absolute atomic E-state index is 12.4. The van der Waals surface area contributed by atoms with Crippen molar-refractivity contribution in [3.05, 3.63) is 0 Å². The molecule has 4 fully saturated rings. The molecular weight excluding hydrogens is 372 g/mol. The highest BCUT2D eigenvalue weighted by molar-refractivity contribution is 5.86. The maximum atomic E-state index is 12.4. The highest BCUT2D eigenvalue weighted by Gasteiger charge is 2.71. The topological polar surface area (TPSA) is 101 Å². The number of aliphatic hydroxyl groups is 2. The third-order valence-electron chi connectivity index (χ3n) is 9.70. The van der Waals surface area contributed by atoms with E-state index in [1.54, 1.807) is 0 Å². The van der Waals surface area contributed by atoms with E-state index < -0.39 is 34.1 Å². The van der Waals surface area contributed by atoms with Crippen molar-refractivity contribution in [2.24, 2.45) is 28.6 Å². The number of carbonyl (C=O) groups excluding carboxylic acids is 3. The fourth-order valence-corrected chi connectivity index (χ4v) is 7.98. The lowest BCUT2D eigenvalue weighted by molar-refractivity contribution is -0.258. The molecule has 29 heavy (non-hydrogen) atoms. The van der Waals surface area contributed by atoms with Crippen molar-refractivity contribution in [2.75, 3.05) is 0 Å². The van der Waals surface area contributed by atoms with Crippen molar-refractivity contribution >= 4 is 17.5 Å². The van der Waals surface area contributed by atoms with Crippen molar-refractivity contribution in [1.82, 2.24) is 0 Å². The van der Waals surface area contributed by atoms with Crippen LogP contribution >= 0.6 is 0 Å². The van der Waals surface area contributed by atoms with E-state index in [4.69, 9.17) is 4.74 Å². The fraction of sp³-hybridized carbons (Fsp3) is 0.870. The van der Waals surface area contributed by atoms with E-state index in [2.05, 4.69) is 6.92 Å². The molecule has 0 amide bonds. The highest BCUT2D eigenvalue weighted by atomic mass is 16.6. The Balaban J connectivity index is 1.76. The van der Waals surface area contributed by atoms with Crippen LogP contribution in [0.15, 0.2) is 0 Å². The van der Waals surface area contributed by atoms with Crippen LogP contribution in [0.25, 0.3) is 0 Å². The second-order valence-electron chi connectivity index (χ2n) is 10.7. The first-order chi connectivity index (χ1) is 13.4. The Hall–Kier alpha value is -1.27. The van der Waals surface area contributed by atoms with Gasteiger partial charge in [-0.1, -0.05) is 13.8 Å². The van der Waals surface area contributed by atoms with Crippen molar-refractivity contribution in [1.29, 1.82) is 0 Å². The van der Waals surface area contributed by atoms with Crippen LogP contribution in [0.4, 0.5) is 0 Å². The Morgan fingerprint density at radius 2 is 1.62 bits per heavy atom. The largest absolute Gasteiger partial charge is 0.459 e. The molecule has 8 unspecified atom stereocenters. The van der Waals surface area contributed by atoms with E-state index in [-0.39, 0.29) is 35.7 Å². The Bertz CT molecular complexity index is 762. The second kappa shape index (κ2) is 6.36. The third kappa shape index (κ3) is 2.57. The van der Waals surface area contributed by atoms with Crippen LogP contribution in [0.3, 0.4) is 0 Å². The minimum Gasteiger partial charge on any atom is -0.459 e. The van der Waals surface area contributed by atoms with E-state index >= 15 is 0 Å². The van der Waals surface area contributed by atoms with Gasteiger partial charge in [0.25, 0.3) is 0 Å². The van der Waals surface area contributed by atoms with Gasteiger partial charge in [0.1, 0.15) is 23.1 Å². The van der Waals surface area contributed by atoms with Gasteiger partial charge in [-0.3, -0.25) is 14.4 Å². The average molecular weight is 407 g/mol. The first kappa shape index (κ1) is 21.0. The molecular formula is C23H34O6. The number of fused-ring (bicyclic) bond motifs is 5. The zero-order chi connectivity index (χ0) is 21.4. The lowest BCUT2D eigenvalue weighted by Gasteiger charge is -2.65. The van der Waals surface area contributed by atoms with Gasteiger partial charge in [-0.15, -0.1) is 0 Å². The number of esters is 1. The van der Waals surface area contributed by atoms with E-state index in [1.807, 2.05) is 6.92 Å². The number of ether oxygens (including phenoxy) is 1. The molecule has 6 nitrogen and oxygen atoms in total. The predicted octanol–water partition coefficient (Wildman–Crippen LogP) is 2.57. The molecule has 4 rings (SSSR count). The van der Waals surface area contributed by atoms with Crippen molar-refractivity contribution in [3.63, 3.8) is 0 Å². The smallest absolute Gasteiger partial charge is 0.303 e. The first-order valence-electron chi connectivity index (χ1n) is 11.0. The number of rotatable bonds is 2. The number of hydrogen-bond acceptors (Lipinski definition) is 6. The van der Waals surface area contributed by atoms with Crippen molar-refractivity contribution in [3.8, 4) is 0 Å². The summed E-state index contributed by atoms with van der Waals surface area (Å²) >= 11 is 0. The molecule has 0 spiro atoms. The summed E-state index contributed by atoms with van der Waals surface area (Å²) in [6.07, 6.45) is 3.56. The average Bonchev–Trinajstić information content (AvgIpc) is 2.90. The monoisotopic (exact) mass is 406 g/mol. The summed E-state index contributed by atoms with van der Waals surface area (Å²) in [5.41, 5.74) is -3.69. The van der Waals surface area contributed by atoms with Gasteiger partial charge in [-0.2, -0.15) is 0 Å². The number of ketones is 2. The summed E-state index contributed by atoms with van der Waals surface area (Å²) < 4.78 is 5.64. The van der Waals surface area contributed by atoms with Gasteiger partial charge >= 0.3 is 5.97 Å². The molecule has 6 heteroatoms. The van der Waals surface area contributed by atoms with Gasteiger partial charge in [0.15, 0.2) is 5.78 Å². The molecule has 0 aromatic heterocycles. The maximum Gasteiger partial charge on any atom is 0.303 e. The standard InChI is InChI=1S/C23H34O6/c1-13(24)22(27)10-7-18-16-11-19(29-14(2)25)23(28)12-15(26)5-8-21(23,4)17(16)6-9-20(18,22)3/h16-19,27-28H,5-12H2,1-4H3. The minimum atomic E-state index is -1.35. The molecule has 0 saturated heterocycles. The van der Waals surface area contributed by atoms with Gasteiger partial charge in [-0.25, -0.2) is 0 Å². The van der Waals surface area contributed by atoms with Crippen molar-refractivity contribution in [2.45, 2.75) is 96.4 Å². The molecule has 0 radical (unpaired) electrons. The molecule has 4 aliphatic carbocycles. The Labute approximate surface area is 172 Å². The van der Waals surface area contributed by atoms with Crippen LogP contribution in [0.5, 0.6) is 0 Å². The van der Waals surface area contributed by atoms with Crippen LogP contribution in [-0.2, 0) is 19.1 Å². The molecule has 4 aliphatic rings. The quantitative estimate of drug-likeness (QED) is 0.684. The summed E-state index contributed by atoms with van der Waals surface area (Å²) in [6, 6.07) is 0. The minimum absolute atomic E-state index is 0.0213. The van der Waals surface area contributed by atoms with Crippen LogP contribution in [0.1, 0.15) is 79.1 Å². The Morgan fingerprint density at radius 3 is 2.24 bits per heavy atom. The number of Topliss-reactive ketones (excluding diaryl/α,β-unsaturated/α-hetero) is 2. The van der Waals surface area contributed by atoms with Gasteiger partial charge in [0, 0.05) is 30.6 Å². The van der Waals surface area contributed by atoms with Crippen LogP contribution < -0.4 is 0 Å². The SMILES string of the molecule is CC(=O)OC1CC2C3CCC(O)(C(C)=O)C3(C)CCC2C2(C)CCC(=O)CC12O. The van der Waals surface area contributed by atoms with E-state index in [0.29, 0.717) is 25.7 Å². The number of hydrogen-bond donors (Lipinski definition) is 2. The molecule has 0 aromatic rings. The van der Waals surface area contributed by atoms with Gasteiger partial charge in [0.05, 0.1) is 0 Å². The van der Waals surface area contributed by atoms with Gasteiger partial charge in [0.2, 0.25) is 0 Å². The summed E-state index contributed by atoms with van der Waals surface area (Å²) in [5.74, 6) is -0.142. The first-order valence-corrected chi connectivity index (χ1v) is 11.0. The summed E-state index contributed by atoms with van der Waals surface area (Å²) in [6.45, 7) is 6.92. The normalized spacial score (nSPS) is 51.6. The predicted molar refractivity (Wildman–Crippen MR) is 105 cm³/mol. The lowest BCUT2D eigenvalue weighted by Crippen LogP contribution is -2.69. The number of carbonyl (C=O) groups is 3. The molecule has 0 aromatic carbocycles. The third-order valence-corrected chi connectivity index (χ3v) is 9.70. The van der Waals surface area contributed by atoms with E-state index in [9.17, 15) is 24.6 Å². The molecule has 162 valence electrons. The summed E-state index contributed by atoms with van der Waals surface area (Å²) in [7, 11) is 0. The second-order valence-corrected chi connectivity index (χ2v) is 10.7. The Kier molecular flexibility index (Phi) is 4.60. The van der Waals surface area contributed by atoms with Crippen LogP contribution in [-0.4, -0.2) is 45.1 Å². The van der Waals surface area contributed by atoms with Gasteiger partial charge < -0.3 is 14.9 Å². The molecule has 0 aliphatic heterocycles. The zero-order valence-electron chi connectivity index (χ0n) is 18.0. The van der Waals surface area contributed by atoms with Crippen molar-refractivity contribution < 1.29 is 29.3 Å². The molecule has 2 N–H and O–H groups in total. The molecule has 0 bridgehead atoms. The summed E-state index contributed by atoms with van der Waals surface area (Å²) in [4.78, 5) is 36.5. The molecule has 8 atom stereocenters. The molecule has 0 heterocycles. The van der Waals surface area contributed by atoms with Crippen LogP contribution in [0.2, 0.25) is 0 Å². The van der Waals surface area contributed by atoms with E-state index in [0.717, 1.165) is 19.3 Å². The summed E-state index contributed by atoms with van der Waals surface area (Å²) in [5, 5.41) is 23.0. The lowest BCUT2D eigenvalue weighted by atomic mass is 9.42. The van der Waals surface area contributed by atoms with E-state index in [1.165, 1.54) is 13.8 Å². The van der Waals surface area contributed by atoms with Gasteiger partial charge in [-0.05, 0) is 63.2 Å². The Morgan fingerprint density at radius 1 is 1.00 bits per heavy atom.